The fraction of sp³-hybridized carbons (Fsp3) is 0.400. The number of amides is 1. The fourth-order valence-electron chi connectivity index (χ4n) is 1.91. The number of thioether (sulfide) groups is 1. The van der Waals surface area contributed by atoms with E-state index in [9.17, 15) is 4.79 Å². The Morgan fingerprint density at radius 1 is 1.33 bits per heavy atom. The zero-order chi connectivity index (χ0) is 17.5. The highest BCUT2D eigenvalue weighted by Crippen LogP contribution is 2.17. The summed E-state index contributed by atoms with van der Waals surface area (Å²) in [5.74, 6) is 7.54. The van der Waals surface area contributed by atoms with Crippen LogP contribution in [0.5, 0.6) is 5.75 Å². The molecule has 0 radical (unpaired) electrons. The third kappa shape index (κ3) is 5.05. The summed E-state index contributed by atoms with van der Waals surface area (Å²) in [6.07, 6.45) is 0. The molecule has 2 rings (SSSR count). The van der Waals surface area contributed by atoms with Crippen LogP contribution in [0.15, 0.2) is 29.4 Å². The number of nitrogen functional groups attached to an aromatic ring is 1. The monoisotopic (exact) mass is 350 g/mol. The van der Waals surface area contributed by atoms with Crippen molar-refractivity contribution >= 4 is 23.4 Å². The molecule has 0 atom stereocenters. The Kier molecular flexibility index (Phi) is 6.30. The summed E-state index contributed by atoms with van der Waals surface area (Å²) in [6.45, 7) is 4.25. The average Bonchev–Trinajstić information content (AvgIpc) is 2.91. The molecule has 0 spiro atoms. The van der Waals surface area contributed by atoms with E-state index in [4.69, 9.17) is 10.6 Å². The van der Waals surface area contributed by atoms with E-state index in [1.807, 2.05) is 38.1 Å². The number of benzene rings is 1. The van der Waals surface area contributed by atoms with Crippen LogP contribution >= 0.6 is 11.8 Å². The predicted octanol–water partition coefficient (Wildman–Crippen LogP) is 1.23. The zero-order valence-corrected chi connectivity index (χ0v) is 14.8. The Morgan fingerprint density at radius 2 is 2.04 bits per heavy atom. The van der Waals surface area contributed by atoms with E-state index in [1.165, 1.54) is 16.4 Å². The van der Waals surface area contributed by atoms with E-state index in [0.717, 1.165) is 11.4 Å². The van der Waals surface area contributed by atoms with Crippen LogP contribution in [0.4, 0.5) is 5.69 Å². The van der Waals surface area contributed by atoms with Crippen LogP contribution in [0.3, 0.4) is 0 Å². The summed E-state index contributed by atoms with van der Waals surface area (Å²) >= 11 is 1.25. The van der Waals surface area contributed by atoms with E-state index < -0.39 is 0 Å². The van der Waals surface area contributed by atoms with E-state index in [2.05, 4.69) is 20.8 Å². The molecule has 24 heavy (non-hydrogen) atoms. The third-order valence-electron chi connectivity index (χ3n) is 3.06. The Hall–Kier alpha value is -2.42. The minimum Gasteiger partial charge on any atom is -0.497 e. The molecule has 1 amide bonds. The van der Waals surface area contributed by atoms with Gasteiger partial charge in [-0.1, -0.05) is 11.8 Å². The van der Waals surface area contributed by atoms with Gasteiger partial charge < -0.3 is 21.2 Å². The number of anilines is 1. The minimum absolute atomic E-state index is 0.0593. The highest BCUT2D eigenvalue weighted by atomic mass is 32.2. The quantitative estimate of drug-likeness (QED) is 0.485. The van der Waals surface area contributed by atoms with Crippen LogP contribution in [-0.2, 0) is 11.3 Å². The van der Waals surface area contributed by atoms with Crippen molar-refractivity contribution in [3.8, 4) is 5.75 Å². The molecule has 0 aliphatic carbocycles. The normalized spacial score (nSPS) is 10.7. The molecule has 4 N–H and O–H groups in total. The maximum Gasteiger partial charge on any atom is 0.230 e. The van der Waals surface area contributed by atoms with Crippen molar-refractivity contribution in [2.75, 3.05) is 24.0 Å². The summed E-state index contributed by atoms with van der Waals surface area (Å²) in [7, 11) is 1.62. The molecule has 0 bridgehead atoms. The van der Waals surface area contributed by atoms with Gasteiger partial charge in [0.05, 0.1) is 19.4 Å². The maximum absolute atomic E-state index is 11.7. The molecule has 8 nitrogen and oxygen atoms in total. The minimum atomic E-state index is -0.0593. The highest BCUT2D eigenvalue weighted by molar-refractivity contribution is 7.99. The zero-order valence-electron chi connectivity index (χ0n) is 13.9. The van der Waals surface area contributed by atoms with Crippen LogP contribution in [0.25, 0.3) is 0 Å². The van der Waals surface area contributed by atoms with Gasteiger partial charge in [0.2, 0.25) is 11.1 Å². The number of methoxy groups -OCH3 is 1. The van der Waals surface area contributed by atoms with Crippen molar-refractivity contribution in [3.05, 3.63) is 30.1 Å². The van der Waals surface area contributed by atoms with Gasteiger partial charge >= 0.3 is 0 Å². The van der Waals surface area contributed by atoms with Crippen molar-refractivity contribution in [2.24, 2.45) is 0 Å². The maximum atomic E-state index is 11.7. The lowest BCUT2D eigenvalue weighted by atomic mass is 10.3. The van der Waals surface area contributed by atoms with Gasteiger partial charge in [0.15, 0.2) is 5.82 Å². The largest absolute Gasteiger partial charge is 0.497 e. The molecule has 0 unspecified atom stereocenters. The molecule has 2 aromatic rings. The SMILES string of the molecule is COc1ccc(NCc2nnc(SCC(=O)NC(C)C)n2N)cc1. The van der Waals surface area contributed by atoms with E-state index in [0.29, 0.717) is 17.5 Å². The third-order valence-corrected chi connectivity index (χ3v) is 4.00. The van der Waals surface area contributed by atoms with Crippen LogP contribution < -0.4 is 21.2 Å². The lowest BCUT2D eigenvalue weighted by Gasteiger charge is -2.08. The van der Waals surface area contributed by atoms with Gasteiger partial charge in [-0.15, -0.1) is 10.2 Å². The molecule has 1 aromatic heterocycles. The summed E-state index contributed by atoms with van der Waals surface area (Å²) in [4.78, 5) is 11.7. The number of hydrogen-bond acceptors (Lipinski definition) is 7. The Morgan fingerprint density at radius 3 is 2.67 bits per heavy atom. The first-order valence-electron chi connectivity index (χ1n) is 7.49. The van der Waals surface area contributed by atoms with Crippen LogP contribution in [-0.4, -0.2) is 39.7 Å². The topological polar surface area (TPSA) is 107 Å². The molecular weight excluding hydrogens is 328 g/mol. The van der Waals surface area contributed by atoms with Gasteiger partial charge in [-0.3, -0.25) is 4.79 Å². The number of rotatable bonds is 8. The van der Waals surface area contributed by atoms with E-state index in [1.54, 1.807) is 7.11 Å². The number of carbonyl (C=O) groups is 1. The Balaban J connectivity index is 1.88. The van der Waals surface area contributed by atoms with Crippen LogP contribution in [0.1, 0.15) is 19.7 Å². The van der Waals surface area contributed by atoms with Crippen molar-refractivity contribution in [2.45, 2.75) is 31.6 Å². The molecule has 0 saturated heterocycles. The fourth-order valence-corrected chi connectivity index (χ4v) is 2.60. The Bertz CT molecular complexity index is 671. The first kappa shape index (κ1) is 17.9. The van der Waals surface area contributed by atoms with Crippen molar-refractivity contribution in [1.82, 2.24) is 20.2 Å². The van der Waals surface area contributed by atoms with Crippen molar-refractivity contribution in [3.63, 3.8) is 0 Å². The summed E-state index contributed by atoms with van der Waals surface area (Å²) in [5, 5.41) is 14.6. The predicted molar refractivity (Wildman–Crippen MR) is 94.5 cm³/mol. The van der Waals surface area contributed by atoms with Gasteiger partial charge in [-0.2, -0.15) is 0 Å². The number of nitrogens with two attached hydrogens (primary N) is 1. The summed E-state index contributed by atoms with van der Waals surface area (Å²) in [6, 6.07) is 7.65. The number of hydrogen-bond donors (Lipinski definition) is 3. The molecule has 1 aromatic carbocycles. The lowest BCUT2D eigenvalue weighted by Crippen LogP contribution is -2.31. The van der Waals surface area contributed by atoms with E-state index in [-0.39, 0.29) is 17.7 Å². The van der Waals surface area contributed by atoms with Crippen molar-refractivity contribution < 1.29 is 9.53 Å². The molecule has 130 valence electrons. The van der Waals surface area contributed by atoms with Crippen LogP contribution in [0, 0.1) is 0 Å². The summed E-state index contributed by atoms with van der Waals surface area (Å²) in [5.41, 5.74) is 0.921. The van der Waals surface area contributed by atoms with Gasteiger partial charge in [0, 0.05) is 11.7 Å². The molecule has 0 fully saturated rings. The Labute approximate surface area is 145 Å². The summed E-state index contributed by atoms with van der Waals surface area (Å²) < 4.78 is 6.51. The first-order chi connectivity index (χ1) is 11.5. The van der Waals surface area contributed by atoms with Crippen LogP contribution in [0.2, 0.25) is 0 Å². The second-order valence-corrected chi connectivity index (χ2v) is 6.30. The van der Waals surface area contributed by atoms with Gasteiger partial charge in [0.1, 0.15) is 5.75 Å². The molecule has 0 saturated carbocycles. The van der Waals surface area contributed by atoms with Gasteiger partial charge in [0.25, 0.3) is 0 Å². The number of aromatic nitrogens is 3. The molecule has 0 aliphatic heterocycles. The van der Waals surface area contributed by atoms with Crippen molar-refractivity contribution in [1.29, 1.82) is 0 Å². The number of nitrogens with one attached hydrogen (secondary N) is 2. The van der Waals surface area contributed by atoms with E-state index >= 15 is 0 Å². The number of ether oxygens (including phenoxy) is 1. The number of carbonyl (C=O) groups excluding carboxylic acids is 1. The first-order valence-corrected chi connectivity index (χ1v) is 8.47. The average molecular weight is 350 g/mol. The molecular formula is C15H22N6O2S. The smallest absolute Gasteiger partial charge is 0.230 e. The van der Waals surface area contributed by atoms with Gasteiger partial charge in [-0.25, -0.2) is 4.68 Å². The molecule has 9 heteroatoms. The number of nitrogens with zero attached hydrogens (tertiary/aromatic N) is 3. The lowest BCUT2D eigenvalue weighted by molar-refractivity contribution is -0.119. The second-order valence-electron chi connectivity index (χ2n) is 5.36. The molecule has 1 heterocycles. The highest BCUT2D eigenvalue weighted by Gasteiger charge is 2.12. The van der Waals surface area contributed by atoms with Gasteiger partial charge in [-0.05, 0) is 38.1 Å². The standard InChI is InChI=1S/C15H22N6O2S/c1-10(2)18-14(22)9-24-15-20-19-13(21(15)16)8-17-11-4-6-12(23-3)7-5-11/h4-7,10,17H,8-9,16H2,1-3H3,(H,18,22). The second kappa shape index (κ2) is 8.44. The molecule has 0 aliphatic rings.